The molecule has 21 heavy (non-hydrogen) atoms. The summed E-state index contributed by atoms with van der Waals surface area (Å²) >= 11 is 0. The molecule has 0 aromatic carbocycles. The van der Waals surface area contributed by atoms with Gasteiger partial charge in [0.1, 0.15) is 6.54 Å². The van der Waals surface area contributed by atoms with E-state index in [0.717, 1.165) is 25.7 Å². The predicted molar refractivity (Wildman–Crippen MR) is 77.1 cm³/mol. The van der Waals surface area contributed by atoms with Crippen LogP contribution in [0.25, 0.3) is 0 Å². The lowest BCUT2D eigenvalue weighted by molar-refractivity contribution is -0.143. The minimum Gasteiger partial charge on any atom is -0.352 e. The van der Waals surface area contributed by atoms with Gasteiger partial charge in [0.2, 0.25) is 17.7 Å². The number of rotatable bonds is 3. The molecule has 0 radical (unpaired) electrons. The van der Waals surface area contributed by atoms with Gasteiger partial charge < -0.3 is 5.32 Å². The fourth-order valence-electron chi connectivity index (χ4n) is 3.69. The smallest absolute Gasteiger partial charge is 0.240 e. The molecule has 1 saturated heterocycles. The Morgan fingerprint density at radius 2 is 1.62 bits per heavy atom. The van der Waals surface area contributed by atoms with Gasteiger partial charge in [-0.15, -0.1) is 0 Å². The summed E-state index contributed by atoms with van der Waals surface area (Å²) in [4.78, 5) is 37.8. The highest BCUT2D eigenvalue weighted by atomic mass is 16.2. The molecule has 2 aliphatic carbocycles. The molecule has 3 amide bonds. The maximum absolute atomic E-state index is 12.3. The molecule has 1 N–H and O–H groups in total. The molecule has 3 rings (SSSR count). The first-order chi connectivity index (χ1) is 10.2. The summed E-state index contributed by atoms with van der Waals surface area (Å²) in [6.45, 7) is -0.110. The molecule has 0 spiro atoms. The van der Waals surface area contributed by atoms with Gasteiger partial charge in [0.05, 0.1) is 11.8 Å². The molecule has 2 fully saturated rings. The van der Waals surface area contributed by atoms with Gasteiger partial charge in [-0.1, -0.05) is 31.4 Å². The number of amides is 3. The number of hydrogen-bond donors (Lipinski definition) is 1. The second kappa shape index (κ2) is 6.00. The Kier molecular flexibility index (Phi) is 4.08. The van der Waals surface area contributed by atoms with E-state index in [1.165, 1.54) is 11.3 Å². The monoisotopic (exact) mass is 290 g/mol. The molecule has 0 aromatic rings. The number of hydrogen-bond acceptors (Lipinski definition) is 3. The summed E-state index contributed by atoms with van der Waals surface area (Å²) < 4.78 is 0. The average Bonchev–Trinajstić information content (AvgIpc) is 2.74. The zero-order valence-electron chi connectivity index (χ0n) is 12.2. The molecule has 0 unspecified atom stereocenters. The van der Waals surface area contributed by atoms with Gasteiger partial charge >= 0.3 is 0 Å². The minimum atomic E-state index is -0.245. The Morgan fingerprint density at radius 3 is 2.19 bits per heavy atom. The molecular weight excluding hydrogens is 268 g/mol. The maximum Gasteiger partial charge on any atom is 0.240 e. The van der Waals surface area contributed by atoms with Crippen molar-refractivity contribution in [3.63, 3.8) is 0 Å². The highest BCUT2D eigenvalue weighted by Gasteiger charge is 2.47. The van der Waals surface area contributed by atoms with Crippen LogP contribution in [0.3, 0.4) is 0 Å². The Bertz CT molecular complexity index is 454. The lowest BCUT2D eigenvalue weighted by Crippen LogP contribution is -2.45. The van der Waals surface area contributed by atoms with Gasteiger partial charge in [0.15, 0.2) is 0 Å². The number of nitrogens with one attached hydrogen (secondary N) is 1. The lowest BCUT2D eigenvalue weighted by Gasteiger charge is -2.24. The highest BCUT2D eigenvalue weighted by Crippen LogP contribution is 2.34. The second-order valence-corrected chi connectivity index (χ2v) is 6.32. The number of fused-ring (bicyclic) bond motifs is 1. The van der Waals surface area contributed by atoms with E-state index in [2.05, 4.69) is 5.32 Å². The van der Waals surface area contributed by atoms with Gasteiger partial charge in [0, 0.05) is 6.04 Å². The molecule has 114 valence electrons. The van der Waals surface area contributed by atoms with Crippen LogP contribution >= 0.6 is 0 Å². The van der Waals surface area contributed by atoms with Crippen molar-refractivity contribution in [3.05, 3.63) is 12.2 Å². The zero-order chi connectivity index (χ0) is 14.8. The summed E-state index contributed by atoms with van der Waals surface area (Å²) in [7, 11) is 0. The fraction of sp³-hybridized carbons (Fsp3) is 0.688. The van der Waals surface area contributed by atoms with Crippen molar-refractivity contribution in [1.29, 1.82) is 0 Å². The quantitative estimate of drug-likeness (QED) is 0.631. The molecule has 1 saturated carbocycles. The molecule has 1 heterocycles. The van der Waals surface area contributed by atoms with Crippen LogP contribution in [0.5, 0.6) is 0 Å². The molecule has 5 heteroatoms. The fourth-order valence-corrected chi connectivity index (χ4v) is 3.69. The van der Waals surface area contributed by atoms with E-state index in [-0.39, 0.29) is 42.1 Å². The first kappa shape index (κ1) is 14.3. The first-order valence-corrected chi connectivity index (χ1v) is 7.96. The van der Waals surface area contributed by atoms with E-state index in [0.29, 0.717) is 12.8 Å². The third-order valence-electron chi connectivity index (χ3n) is 4.87. The van der Waals surface area contributed by atoms with Crippen LogP contribution in [-0.4, -0.2) is 35.2 Å². The number of carbonyl (C=O) groups is 3. The molecule has 1 aliphatic heterocycles. The summed E-state index contributed by atoms with van der Waals surface area (Å²) in [5.41, 5.74) is 0. The van der Waals surface area contributed by atoms with Gasteiger partial charge in [0.25, 0.3) is 0 Å². The Balaban J connectivity index is 1.58. The van der Waals surface area contributed by atoms with E-state index in [1.807, 2.05) is 12.2 Å². The van der Waals surface area contributed by atoms with Crippen molar-refractivity contribution >= 4 is 17.7 Å². The van der Waals surface area contributed by atoms with Crippen LogP contribution in [0.2, 0.25) is 0 Å². The zero-order valence-corrected chi connectivity index (χ0v) is 12.2. The standard InChI is InChI=1S/C16H22N2O3/c19-14(17-11-6-2-1-3-7-11)10-18-15(20)12-8-4-5-9-13(12)16(18)21/h4-5,11-13H,1-3,6-10H2,(H,17,19)/t12-,13-/m0/s1. The van der Waals surface area contributed by atoms with Gasteiger partial charge in [-0.3, -0.25) is 19.3 Å². The molecular formula is C16H22N2O3. The van der Waals surface area contributed by atoms with E-state index >= 15 is 0 Å². The van der Waals surface area contributed by atoms with Crippen LogP contribution in [-0.2, 0) is 14.4 Å². The van der Waals surface area contributed by atoms with Crippen molar-refractivity contribution < 1.29 is 14.4 Å². The third kappa shape index (κ3) is 2.87. The first-order valence-electron chi connectivity index (χ1n) is 7.96. The van der Waals surface area contributed by atoms with E-state index in [9.17, 15) is 14.4 Å². The summed E-state index contributed by atoms with van der Waals surface area (Å²) in [5, 5.41) is 2.97. The van der Waals surface area contributed by atoms with Gasteiger partial charge in [-0.05, 0) is 25.7 Å². The van der Waals surface area contributed by atoms with Crippen molar-refractivity contribution in [2.75, 3.05) is 6.54 Å². The Morgan fingerprint density at radius 1 is 1.05 bits per heavy atom. The second-order valence-electron chi connectivity index (χ2n) is 6.32. The van der Waals surface area contributed by atoms with Crippen LogP contribution in [0.4, 0.5) is 0 Å². The maximum atomic E-state index is 12.3. The number of nitrogens with zero attached hydrogens (tertiary/aromatic N) is 1. The van der Waals surface area contributed by atoms with Crippen molar-refractivity contribution in [2.45, 2.75) is 51.0 Å². The largest absolute Gasteiger partial charge is 0.352 e. The van der Waals surface area contributed by atoms with Crippen LogP contribution in [0, 0.1) is 11.8 Å². The number of allylic oxidation sites excluding steroid dienone is 2. The number of imide groups is 1. The number of likely N-dealkylation sites (tertiary alicyclic amines) is 1. The highest BCUT2D eigenvalue weighted by molar-refractivity contribution is 6.07. The third-order valence-corrected chi connectivity index (χ3v) is 4.87. The van der Waals surface area contributed by atoms with Gasteiger partial charge in [-0.25, -0.2) is 0 Å². The minimum absolute atomic E-state index is 0.110. The molecule has 2 atom stereocenters. The molecule has 3 aliphatic rings. The summed E-state index contributed by atoms with van der Waals surface area (Å²) in [6, 6.07) is 0.211. The molecule has 5 nitrogen and oxygen atoms in total. The Labute approximate surface area is 124 Å². The lowest BCUT2D eigenvalue weighted by atomic mass is 9.85. The van der Waals surface area contributed by atoms with Gasteiger partial charge in [-0.2, -0.15) is 0 Å². The van der Waals surface area contributed by atoms with E-state index in [1.54, 1.807) is 0 Å². The van der Waals surface area contributed by atoms with Crippen LogP contribution < -0.4 is 5.32 Å². The average molecular weight is 290 g/mol. The summed E-state index contributed by atoms with van der Waals surface area (Å²) in [5.74, 6) is -1.04. The normalized spacial score (nSPS) is 29.6. The van der Waals surface area contributed by atoms with Crippen molar-refractivity contribution in [2.24, 2.45) is 11.8 Å². The predicted octanol–water partition coefficient (Wildman–Crippen LogP) is 1.39. The SMILES string of the molecule is O=C(CN1C(=O)[C@H]2CC=CC[C@@H]2C1=O)NC1CCCCC1. The van der Waals surface area contributed by atoms with Crippen molar-refractivity contribution in [3.8, 4) is 0 Å². The van der Waals surface area contributed by atoms with E-state index in [4.69, 9.17) is 0 Å². The molecule has 0 bridgehead atoms. The van der Waals surface area contributed by atoms with Crippen LogP contribution in [0.15, 0.2) is 12.2 Å². The van der Waals surface area contributed by atoms with Crippen LogP contribution in [0.1, 0.15) is 44.9 Å². The van der Waals surface area contributed by atoms with E-state index < -0.39 is 0 Å². The van der Waals surface area contributed by atoms with Crippen molar-refractivity contribution in [1.82, 2.24) is 10.2 Å². The molecule has 0 aromatic heterocycles. The number of carbonyl (C=O) groups excluding carboxylic acids is 3. The summed E-state index contributed by atoms with van der Waals surface area (Å²) in [6.07, 6.45) is 10.7. The topological polar surface area (TPSA) is 66.5 Å². The Hall–Kier alpha value is -1.65.